The van der Waals surface area contributed by atoms with Crippen molar-refractivity contribution in [1.29, 1.82) is 0 Å². The van der Waals surface area contributed by atoms with E-state index in [0.717, 1.165) is 0 Å². The highest BCUT2D eigenvalue weighted by Gasteiger charge is 2.54. The van der Waals surface area contributed by atoms with Crippen LogP contribution in [0.1, 0.15) is 6.42 Å². The lowest BCUT2D eigenvalue weighted by molar-refractivity contribution is -0.318. The Balaban J connectivity index is 2.05. The molecule has 48 heavy (non-hydrogen) atoms. The third kappa shape index (κ3) is 9.30. The van der Waals surface area contributed by atoms with Crippen LogP contribution in [0.4, 0.5) is 0 Å². The lowest BCUT2D eigenvalue weighted by Crippen LogP contribution is -2.65. The zero-order chi connectivity index (χ0) is 36.0. The van der Waals surface area contributed by atoms with Crippen molar-refractivity contribution in [2.75, 3.05) is 13.2 Å². The molecule has 26 N–H and O–H groups in total. The lowest BCUT2D eigenvalue weighted by atomic mass is 9.83. The lowest BCUT2D eigenvalue weighted by Gasteiger charge is -2.48. The number of hydrogen-bond acceptors (Lipinski definition) is 15. The summed E-state index contributed by atoms with van der Waals surface area (Å²) in [6.45, 7) is -1.07. The van der Waals surface area contributed by atoms with Crippen LogP contribution in [0.15, 0.2) is 25.0 Å². The van der Waals surface area contributed by atoms with Crippen LogP contribution >= 0.6 is 0 Å². The van der Waals surface area contributed by atoms with E-state index in [2.05, 4.69) is 25.0 Å². The van der Waals surface area contributed by atoms with Crippen LogP contribution in [0.25, 0.3) is 0 Å². The number of aliphatic hydroxyl groups is 6. The summed E-state index contributed by atoms with van der Waals surface area (Å²) in [4.78, 5) is 19.8. The third-order valence-corrected chi connectivity index (χ3v) is 7.69. The summed E-state index contributed by atoms with van der Waals surface area (Å²) >= 11 is 0. The van der Waals surface area contributed by atoms with Crippen LogP contribution in [0.2, 0.25) is 0 Å². The summed E-state index contributed by atoms with van der Waals surface area (Å²) < 4.78 is 23.6. The molecule has 2 aliphatic heterocycles. The first-order valence-electron chi connectivity index (χ1n) is 14.5. The molecule has 274 valence electrons. The predicted molar refractivity (Wildman–Crippen MR) is 168 cm³/mol. The molecule has 0 aromatic rings. The van der Waals surface area contributed by atoms with E-state index in [1.807, 2.05) is 0 Å². The molecular formula is C23H47N15O10. The molecule has 25 heteroatoms. The molecule has 0 amide bonds. The van der Waals surface area contributed by atoms with Gasteiger partial charge in [0.2, 0.25) is 0 Å². The van der Waals surface area contributed by atoms with Gasteiger partial charge in [0.05, 0.1) is 25.2 Å². The Bertz CT molecular complexity index is 1220. The van der Waals surface area contributed by atoms with Crippen molar-refractivity contribution in [1.82, 2.24) is 0 Å². The smallest absolute Gasteiger partial charge is 0.186 e. The minimum atomic E-state index is -1.81. The number of nitrogens with zero attached hydrogens (tertiary/aromatic N) is 5. The quantitative estimate of drug-likeness (QED) is 0.0705. The van der Waals surface area contributed by atoms with Crippen LogP contribution in [0, 0.1) is 0 Å². The Morgan fingerprint density at radius 3 is 1.50 bits per heavy atom. The molecule has 0 aromatic carbocycles. The Labute approximate surface area is 273 Å². The summed E-state index contributed by atoms with van der Waals surface area (Å²) in [5, 5.41) is 64.8. The highest BCUT2D eigenvalue weighted by atomic mass is 16.7. The second kappa shape index (κ2) is 16.4. The Kier molecular flexibility index (Phi) is 13.1. The number of rotatable bonds is 11. The van der Waals surface area contributed by atoms with Gasteiger partial charge in [0.1, 0.15) is 67.0 Å². The van der Waals surface area contributed by atoms with Crippen LogP contribution in [-0.4, -0.2) is 165 Å². The standard InChI is InChI=1S/C23H47N15O10/c24-19(25)34-2-6-11(41)12(42)9(38-23(32)33)17(45-6)47-15-4(35-20(26)27)1-5(36-21(28)29)16(14(15)44)48-18-13(43)8(37-22(30)31)10(40)7(3-39)46-18/h4-18,39-44H,1-3H2,(H4,24,25,34)(H4,26,27,35)(H4,28,29,36)(H4,30,31,37)(H4,32,33,38)/t4-,5+,6-,7-,8+,9-,10-,11-,12-,13-,14-,15+,16-,17+,18+/m0/s1. The first-order chi connectivity index (χ1) is 22.4. The zero-order valence-electron chi connectivity index (χ0n) is 25.6. The van der Waals surface area contributed by atoms with Crippen molar-refractivity contribution in [3.8, 4) is 0 Å². The topological polar surface area (TPSA) is 480 Å². The maximum absolute atomic E-state index is 11.8. The van der Waals surface area contributed by atoms with E-state index in [9.17, 15) is 30.6 Å². The molecule has 0 bridgehead atoms. The largest absolute Gasteiger partial charge is 0.394 e. The van der Waals surface area contributed by atoms with E-state index < -0.39 is 122 Å². The summed E-state index contributed by atoms with van der Waals surface area (Å²) in [5.74, 6) is -2.20. The highest BCUT2D eigenvalue weighted by molar-refractivity contribution is 5.77. The van der Waals surface area contributed by atoms with Gasteiger partial charge in [-0.2, -0.15) is 0 Å². The maximum Gasteiger partial charge on any atom is 0.186 e. The number of ether oxygens (including phenoxy) is 4. The van der Waals surface area contributed by atoms with Crippen molar-refractivity contribution < 1.29 is 49.6 Å². The van der Waals surface area contributed by atoms with Gasteiger partial charge in [-0.3, -0.25) is 4.99 Å². The van der Waals surface area contributed by atoms with Crippen molar-refractivity contribution in [3.05, 3.63) is 0 Å². The molecule has 1 saturated carbocycles. The predicted octanol–water partition coefficient (Wildman–Crippen LogP) is -10.8. The summed E-state index contributed by atoms with van der Waals surface area (Å²) in [7, 11) is 0. The van der Waals surface area contributed by atoms with Crippen LogP contribution in [0.3, 0.4) is 0 Å². The molecule has 1 aliphatic carbocycles. The fourth-order valence-corrected chi connectivity index (χ4v) is 5.63. The van der Waals surface area contributed by atoms with Crippen LogP contribution in [0.5, 0.6) is 0 Å². The summed E-state index contributed by atoms with van der Waals surface area (Å²) in [6.07, 6.45) is -17.5. The fourth-order valence-electron chi connectivity index (χ4n) is 5.63. The molecule has 2 heterocycles. The molecule has 0 unspecified atom stereocenters. The van der Waals surface area contributed by atoms with Gasteiger partial charge in [0, 0.05) is 0 Å². The molecule has 25 nitrogen and oxygen atoms in total. The van der Waals surface area contributed by atoms with E-state index in [0.29, 0.717) is 0 Å². The summed E-state index contributed by atoms with van der Waals surface area (Å²) in [6, 6.07) is -5.18. The number of hydrogen-bond donors (Lipinski definition) is 16. The van der Waals surface area contributed by atoms with Gasteiger partial charge >= 0.3 is 0 Å². The second-order valence-electron chi connectivity index (χ2n) is 11.3. The summed E-state index contributed by atoms with van der Waals surface area (Å²) in [5.41, 5.74) is 55.6. The number of nitrogens with two attached hydrogens (primary N) is 10. The number of aliphatic hydroxyl groups excluding tert-OH is 6. The van der Waals surface area contributed by atoms with Crippen molar-refractivity contribution in [2.45, 2.75) is 98.1 Å². The van der Waals surface area contributed by atoms with Gasteiger partial charge in [-0.25, -0.2) is 20.0 Å². The third-order valence-electron chi connectivity index (χ3n) is 7.69. The molecule has 3 aliphatic rings. The maximum atomic E-state index is 11.8. The SMILES string of the molecule is NC(N)=NC[C@@H]1O[C@H](O[C@H]2[C@H](O)[C@@H](O[C@H]3O[C@@H](CO)[C@H](O)[C@@H](N=C(N)N)[C@@H]3O)[C@H](N=C(N)N)C[C@@H]2N=C(N)N)[C@@H](N=C(N)N)[C@H](O)[C@H]1O. The van der Waals surface area contributed by atoms with Crippen molar-refractivity contribution >= 4 is 29.8 Å². The van der Waals surface area contributed by atoms with Crippen LogP contribution < -0.4 is 57.3 Å². The minimum Gasteiger partial charge on any atom is -0.394 e. The van der Waals surface area contributed by atoms with Gasteiger partial charge in [0.15, 0.2) is 42.4 Å². The molecule has 0 radical (unpaired) electrons. The Morgan fingerprint density at radius 2 is 1.02 bits per heavy atom. The number of guanidine groups is 5. The average Bonchev–Trinajstić information content (AvgIpc) is 2.98. The monoisotopic (exact) mass is 693 g/mol. The first kappa shape index (κ1) is 38.4. The molecule has 3 rings (SSSR count). The van der Waals surface area contributed by atoms with Crippen molar-refractivity contribution in [2.24, 2.45) is 82.3 Å². The van der Waals surface area contributed by atoms with Gasteiger partial charge in [-0.05, 0) is 6.42 Å². The molecule has 2 saturated heterocycles. The zero-order valence-corrected chi connectivity index (χ0v) is 25.6. The normalized spacial score (nSPS) is 39.8. The van der Waals surface area contributed by atoms with Gasteiger partial charge in [-0.1, -0.05) is 0 Å². The van der Waals surface area contributed by atoms with E-state index in [1.54, 1.807) is 0 Å². The Hall–Kier alpha value is -4.05. The van der Waals surface area contributed by atoms with Gasteiger partial charge in [0.25, 0.3) is 0 Å². The molecule has 0 aromatic heterocycles. The molecule has 0 spiro atoms. The van der Waals surface area contributed by atoms with E-state index in [-0.39, 0.29) is 18.9 Å². The minimum absolute atomic E-state index is 0.184. The van der Waals surface area contributed by atoms with Crippen LogP contribution in [-0.2, 0) is 18.9 Å². The Morgan fingerprint density at radius 1 is 0.542 bits per heavy atom. The van der Waals surface area contributed by atoms with E-state index in [1.165, 1.54) is 0 Å². The van der Waals surface area contributed by atoms with Gasteiger partial charge in [-0.15, -0.1) is 0 Å². The van der Waals surface area contributed by atoms with E-state index >= 15 is 0 Å². The van der Waals surface area contributed by atoms with Crippen molar-refractivity contribution in [3.63, 3.8) is 0 Å². The highest BCUT2D eigenvalue weighted by Crippen LogP contribution is 2.36. The first-order valence-corrected chi connectivity index (χ1v) is 14.5. The second-order valence-corrected chi connectivity index (χ2v) is 11.3. The molecule has 3 fully saturated rings. The van der Waals surface area contributed by atoms with Gasteiger partial charge < -0.3 is 107 Å². The number of aliphatic imine (C=N–C) groups is 5. The fraction of sp³-hybridized carbons (Fsp3) is 0.783. The van der Waals surface area contributed by atoms with E-state index in [4.69, 9.17) is 76.3 Å². The molecule has 15 atom stereocenters. The average molecular weight is 694 g/mol. The molecular weight excluding hydrogens is 646 g/mol.